The molecular weight excluding hydrogens is 336 g/mol. The van der Waals surface area contributed by atoms with Crippen molar-refractivity contribution in [2.75, 3.05) is 38.7 Å². The highest BCUT2D eigenvalue weighted by atomic mass is 16.3. The molecule has 0 aliphatic carbocycles. The summed E-state index contributed by atoms with van der Waals surface area (Å²) in [5, 5.41) is 16.4. The molecule has 0 radical (unpaired) electrons. The van der Waals surface area contributed by atoms with Gasteiger partial charge in [0.15, 0.2) is 5.96 Å². The molecule has 0 heterocycles. The predicted molar refractivity (Wildman–Crippen MR) is 115 cm³/mol. The Morgan fingerprint density at radius 2 is 1.85 bits per heavy atom. The Morgan fingerprint density at radius 1 is 1.11 bits per heavy atom. The van der Waals surface area contributed by atoms with Crippen LogP contribution >= 0.6 is 0 Å². The summed E-state index contributed by atoms with van der Waals surface area (Å²) in [4.78, 5) is 6.86. The summed E-state index contributed by atoms with van der Waals surface area (Å²) < 4.78 is 0. The van der Waals surface area contributed by atoms with Crippen LogP contribution in [-0.4, -0.2) is 44.9 Å². The fourth-order valence-corrected chi connectivity index (χ4v) is 2.96. The van der Waals surface area contributed by atoms with Gasteiger partial charge in [-0.15, -0.1) is 0 Å². The fraction of sp³-hybridized carbons (Fsp3) is 0.409. The van der Waals surface area contributed by atoms with Gasteiger partial charge in [-0.3, -0.25) is 0 Å². The Hall–Kier alpha value is -2.53. The van der Waals surface area contributed by atoms with Crippen LogP contribution in [0.15, 0.2) is 53.5 Å². The molecule has 0 spiro atoms. The topological polar surface area (TPSA) is 59.9 Å². The highest BCUT2D eigenvalue weighted by molar-refractivity contribution is 5.80. The largest absolute Gasteiger partial charge is 0.396 e. The molecule has 5 heteroatoms. The molecule has 0 bridgehead atoms. The molecular formula is C22H32N4O. The van der Waals surface area contributed by atoms with Crippen LogP contribution < -0.4 is 15.5 Å². The highest BCUT2D eigenvalue weighted by Gasteiger charge is 2.11. The standard InChI is InChI=1S/C22H32N4O/c1-5-23-22(25-15-20(16-27)18-9-7-6-8-10-18)24-14-19-12-11-17(2)13-21(19)26(3)4/h6-13,20,27H,5,14-16H2,1-4H3,(H2,23,24,25). The van der Waals surface area contributed by atoms with E-state index in [0.29, 0.717) is 13.1 Å². The van der Waals surface area contributed by atoms with Crippen molar-refractivity contribution in [3.63, 3.8) is 0 Å². The van der Waals surface area contributed by atoms with Crippen LogP contribution in [0, 0.1) is 6.92 Å². The molecule has 0 aromatic heterocycles. The molecule has 0 amide bonds. The molecule has 1 unspecified atom stereocenters. The monoisotopic (exact) mass is 368 g/mol. The second-order valence-electron chi connectivity index (χ2n) is 6.89. The average Bonchev–Trinajstić information content (AvgIpc) is 2.67. The second kappa shape index (κ2) is 10.6. The maximum absolute atomic E-state index is 9.75. The lowest BCUT2D eigenvalue weighted by molar-refractivity contribution is 0.265. The average molecular weight is 369 g/mol. The van der Waals surface area contributed by atoms with Gasteiger partial charge in [0.1, 0.15) is 0 Å². The lowest BCUT2D eigenvalue weighted by Crippen LogP contribution is -2.40. The van der Waals surface area contributed by atoms with E-state index in [9.17, 15) is 5.11 Å². The van der Waals surface area contributed by atoms with Gasteiger partial charge >= 0.3 is 0 Å². The third-order valence-electron chi connectivity index (χ3n) is 4.48. The molecule has 5 nitrogen and oxygen atoms in total. The summed E-state index contributed by atoms with van der Waals surface area (Å²) in [5.74, 6) is 0.795. The third-order valence-corrected chi connectivity index (χ3v) is 4.48. The van der Waals surface area contributed by atoms with Gasteiger partial charge in [0.25, 0.3) is 0 Å². The van der Waals surface area contributed by atoms with Gasteiger partial charge in [0.2, 0.25) is 0 Å². The van der Waals surface area contributed by atoms with Crippen molar-refractivity contribution >= 4 is 11.6 Å². The molecule has 2 aromatic rings. The van der Waals surface area contributed by atoms with E-state index in [0.717, 1.165) is 18.1 Å². The van der Waals surface area contributed by atoms with Crippen LogP contribution in [0.3, 0.4) is 0 Å². The zero-order valence-electron chi connectivity index (χ0n) is 16.9. The molecule has 2 aromatic carbocycles. The van der Waals surface area contributed by atoms with E-state index in [1.807, 2.05) is 30.3 Å². The minimum absolute atomic E-state index is 0.0340. The first-order valence-electron chi connectivity index (χ1n) is 9.50. The summed E-state index contributed by atoms with van der Waals surface area (Å²) >= 11 is 0. The zero-order valence-corrected chi connectivity index (χ0v) is 16.9. The van der Waals surface area contributed by atoms with E-state index in [2.05, 4.69) is 61.7 Å². The SMILES string of the molecule is CCNC(=NCc1ccc(C)cc1N(C)C)NCC(CO)c1ccccc1. The van der Waals surface area contributed by atoms with E-state index >= 15 is 0 Å². The van der Waals surface area contributed by atoms with Crippen LogP contribution in [0.1, 0.15) is 29.5 Å². The van der Waals surface area contributed by atoms with Gasteiger partial charge in [-0.05, 0) is 36.6 Å². The Balaban J connectivity index is 2.08. The molecule has 0 aliphatic heterocycles. The van der Waals surface area contributed by atoms with Crippen molar-refractivity contribution in [2.24, 2.45) is 4.99 Å². The maximum atomic E-state index is 9.75. The van der Waals surface area contributed by atoms with Gasteiger partial charge in [-0.25, -0.2) is 4.99 Å². The zero-order chi connectivity index (χ0) is 19.6. The number of nitrogens with one attached hydrogen (secondary N) is 2. The minimum atomic E-state index is 0.0340. The van der Waals surface area contributed by atoms with Crippen LogP contribution in [0.4, 0.5) is 5.69 Å². The molecule has 2 rings (SSSR count). The number of aliphatic hydroxyl groups is 1. The molecule has 1 atom stereocenters. The number of aliphatic imine (C=N–C) groups is 1. The first-order valence-corrected chi connectivity index (χ1v) is 9.50. The maximum Gasteiger partial charge on any atom is 0.191 e. The number of aliphatic hydroxyl groups excluding tert-OH is 1. The molecule has 0 saturated carbocycles. The third kappa shape index (κ3) is 6.29. The lowest BCUT2D eigenvalue weighted by Gasteiger charge is -2.19. The van der Waals surface area contributed by atoms with Gasteiger partial charge in [-0.1, -0.05) is 42.5 Å². The molecule has 27 heavy (non-hydrogen) atoms. The van der Waals surface area contributed by atoms with E-state index in [4.69, 9.17) is 4.99 Å². The Bertz CT molecular complexity index is 728. The van der Waals surface area contributed by atoms with E-state index in [1.54, 1.807) is 0 Å². The number of anilines is 1. The first-order chi connectivity index (χ1) is 13.0. The molecule has 146 valence electrons. The Morgan fingerprint density at radius 3 is 2.48 bits per heavy atom. The fourth-order valence-electron chi connectivity index (χ4n) is 2.96. The van der Waals surface area contributed by atoms with Crippen LogP contribution in [0.25, 0.3) is 0 Å². The number of guanidine groups is 1. The van der Waals surface area contributed by atoms with Gasteiger partial charge in [-0.2, -0.15) is 0 Å². The van der Waals surface area contributed by atoms with Crippen molar-refractivity contribution < 1.29 is 5.11 Å². The van der Waals surface area contributed by atoms with Gasteiger partial charge in [0, 0.05) is 38.8 Å². The highest BCUT2D eigenvalue weighted by Crippen LogP contribution is 2.21. The molecule has 3 N–H and O–H groups in total. The summed E-state index contributed by atoms with van der Waals surface area (Å²) in [5.41, 5.74) is 4.73. The first kappa shape index (κ1) is 20.8. The smallest absolute Gasteiger partial charge is 0.191 e. The predicted octanol–water partition coefficient (Wildman–Crippen LogP) is 2.89. The van der Waals surface area contributed by atoms with Crippen molar-refractivity contribution in [1.29, 1.82) is 0 Å². The Labute approximate surface area is 163 Å². The van der Waals surface area contributed by atoms with Crippen LogP contribution in [-0.2, 0) is 6.54 Å². The van der Waals surface area contributed by atoms with Crippen molar-refractivity contribution in [3.8, 4) is 0 Å². The summed E-state index contributed by atoms with van der Waals surface area (Å²) in [6.07, 6.45) is 0. The minimum Gasteiger partial charge on any atom is -0.396 e. The normalized spacial score (nSPS) is 12.6. The lowest BCUT2D eigenvalue weighted by atomic mass is 10.0. The summed E-state index contributed by atoms with van der Waals surface area (Å²) in [6, 6.07) is 16.5. The number of aryl methyl sites for hydroxylation is 1. The van der Waals surface area contributed by atoms with Crippen molar-refractivity contribution in [2.45, 2.75) is 26.3 Å². The second-order valence-corrected chi connectivity index (χ2v) is 6.89. The van der Waals surface area contributed by atoms with E-state index in [-0.39, 0.29) is 12.5 Å². The summed E-state index contributed by atoms with van der Waals surface area (Å²) in [7, 11) is 4.11. The number of hydrogen-bond acceptors (Lipinski definition) is 3. The summed E-state index contributed by atoms with van der Waals surface area (Å²) in [6.45, 7) is 6.26. The quantitative estimate of drug-likeness (QED) is 0.495. The number of hydrogen-bond donors (Lipinski definition) is 3. The molecule has 0 saturated heterocycles. The van der Waals surface area contributed by atoms with Gasteiger partial charge in [0.05, 0.1) is 13.2 Å². The number of benzene rings is 2. The molecule has 0 aliphatic rings. The van der Waals surface area contributed by atoms with E-state index in [1.165, 1.54) is 16.8 Å². The van der Waals surface area contributed by atoms with Crippen LogP contribution in [0.2, 0.25) is 0 Å². The number of nitrogens with zero attached hydrogens (tertiary/aromatic N) is 2. The number of rotatable bonds is 8. The van der Waals surface area contributed by atoms with Gasteiger partial charge < -0.3 is 20.6 Å². The van der Waals surface area contributed by atoms with E-state index < -0.39 is 0 Å². The van der Waals surface area contributed by atoms with Crippen molar-refractivity contribution in [1.82, 2.24) is 10.6 Å². The Kier molecular flexibility index (Phi) is 8.14. The van der Waals surface area contributed by atoms with Crippen molar-refractivity contribution in [3.05, 3.63) is 65.2 Å². The molecule has 0 fully saturated rings. The van der Waals surface area contributed by atoms with Crippen LogP contribution in [0.5, 0.6) is 0 Å².